The van der Waals surface area contributed by atoms with Gasteiger partial charge in [0.05, 0.1) is 17.2 Å². The molecule has 0 radical (unpaired) electrons. The fourth-order valence-corrected chi connectivity index (χ4v) is 4.06. The molecule has 2 unspecified atom stereocenters. The Morgan fingerprint density at radius 3 is 2.87 bits per heavy atom. The summed E-state index contributed by atoms with van der Waals surface area (Å²) < 4.78 is 6.08. The molecule has 2 bridgehead atoms. The van der Waals surface area contributed by atoms with Crippen molar-refractivity contribution < 1.29 is 4.42 Å². The van der Waals surface area contributed by atoms with Gasteiger partial charge in [0.2, 0.25) is 0 Å². The normalized spacial score (nSPS) is 22.8. The van der Waals surface area contributed by atoms with E-state index in [1.54, 1.807) is 12.3 Å². The number of anilines is 1. The highest BCUT2D eigenvalue weighted by Crippen LogP contribution is 2.35. The largest absolute Gasteiger partial charge is 0.423 e. The summed E-state index contributed by atoms with van der Waals surface area (Å²) in [7, 11) is 0. The Balaban J connectivity index is 1.64. The first-order valence-electron chi connectivity index (χ1n) is 7.56. The average Bonchev–Trinajstić information content (AvgIpc) is 3.22. The Morgan fingerprint density at radius 1 is 1.35 bits per heavy atom. The average molecular weight is 323 g/mol. The minimum absolute atomic E-state index is 0.539. The molecule has 1 N–H and O–H groups in total. The Morgan fingerprint density at radius 2 is 2.17 bits per heavy atom. The number of nitrogens with zero attached hydrogens (tertiary/aromatic N) is 4. The summed E-state index contributed by atoms with van der Waals surface area (Å²) >= 11 is 1.53. The molecule has 0 saturated carbocycles. The van der Waals surface area contributed by atoms with E-state index in [1.165, 1.54) is 17.8 Å². The molecular formula is C16H13N5OS. The summed E-state index contributed by atoms with van der Waals surface area (Å²) in [4.78, 5) is 11.2. The smallest absolute Gasteiger partial charge is 0.298 e. The van der Waals surface area contributed by atoms with Crippen molar-refractivity contribution in [2.24, 2.45) is 0 Å². The first-order valence-corrected chi connectivity index (χ1v) is 8.43. The van der Waals surface area contributed by atoms with Crippen LogP contribution in [0.15, 0.2) is 28.1 Å². The molecule has 0 amide bonds. The van der Waals surface area contributed by atoms with Gasteiger partial charge in [0.25, 0.3) is 6.01 Å². The molecule has 2 aromatic heterocycles. The van der Waals surface area contributed by atoms with E-state index in [4.69, 9.17) is 4.42 Å². The van der Waals surface area contributed by atoms with E-state index >= 15 is 0 Å². The molecule has 0 aliphatic carbocycles. The van der Waals surface area contributed by atoms with E-state index in [1.807, 2.05) is 11.4 Å². The van der Waals surface area contributed by atoms with Gasteiger partial charge in [-0.25, -0.2) is 4.98 Å². The highest BCUT2D eigenvalue weighted by molar-refractivity contribution is 7.13. The van der Waals surface area contributed by atoms with Crippen molar-refractivity contribution in [1.29, 1.82) is 5.26 Å². The molecule has 1 aromatic carbocycles. The zero-order chi connectivity index (χ0) is 15.4. The van der Waals surface area contributed by atoms with Crippen molar-refractivity contribution >= 4 is 28.5 Å². The maximum Gasteiger partial charge on any atom is 0.298 e. The molecule has 5 heterocycles. The molecule has 0 spiro atoms. The van der Waals surface area contributed by atoms with E-state index in [9.17, 15) is 5.26 Å². The van der Waals surface area contributed by atoms with Gasteiger partial charge in [-0.15, -0.1) is 11.3 Å². The zero-order valence-corrected chi connectivity index (χ0v) is 13.0. The van der Waals surface area contributed by atoms with Gasteiger partial charge < -0.3 is 14.6 Å². The van der Waals surface area contributed by atoms with Gasteiger partial charge in [-0.05, 0) is 18.6 Å². The standard InChI is InChI=1S/C16H13N5OS/c17-6-9-3-12(15-18-1-2-23-15)14-13(4-9)20-16(22-14)21-7-10-5-11(8-21)19-10/h1-4,10-11,19H,5,7-8H2. The Labute approximate surface area is 136 Å². The van der Waals surface area contributed by atoms with Crippen molar-refractivity contribution in [1.82, 2.24) is 15.3 Å². The Bertz CT molecular complexity index is 910. The molecule has 7 heteroatoms. The van der Waals surface area contributed by atoms with Crippen molar-refractivity contribution in [3.63, 3.8) is 0 Å². The highest BCUT2D eigenvalue weighted by Gasteiger charge is 2.38. The molecule has 6 nitrogen and oxygen atoms in total. The number of nitrogens with one attached hydrogen (secondary N) is 1. The third-order valence-corrected chi connectivity index (χ3v) is 5.27. The summed E-state index contributed by atoms with van der Waals surface area (Å²) in [5, 5.41) is 15.5. The second kappa shape index (κ2) is 4.78. The predicted molar refractivity (Wildman–Crippen MR) is 87.4 cm³/mol. The molecule has 3 aliphatic rings. The fraction of sp³-hybridized carbons (Fsp3) is 0.312. The van der Waals surface area contributed by atoms with E-state index < -0.39 is 0 Å². The first-order chi connectivity index (χ1) is 11.3. The van der Waals surface area contributed by atoms with Crippen LogP contribution in [0.3, 0.4) is 0 Å². The lowest BCUT2D eigenvalue weighted by molar-refractivity contribution is 0.220. The van der Waals surface area contributed by atoms with Crippen LogP contribution in [-0.4, -0.2) is 35.1 Å². The third-order valence-electron chi connectivity index (χ3n) is 4.46. The van der Waals surface area contributed by atoms with Crippen LogP contribution < -0.4 is 10.2 Å². The lowest BCUT2D eigenvalue weighted by Crippen LogP contribution is -2.67. The quantitative estimate of drug-likeness (QED) is 0.780. The van der Waals surface area contributed by atoms with Gasteiger partial charge in [0.1, 0.15) is 10.5 Å². The van der Waals surface area contributed by atoms with Crippen LogP contribution in [-0.2, 0) is 0 Å². The Hall–Kier alpha value is -2.43. The number of nitriles is 1. The summed E-state index contributed by atoms with van der Waals surface area (Å²) in [5.74, 6) is 0. The van der Waals surface area contributed by atoms with E-state index in [2.05, 4.69) is 26.3 Å². The summed E-state index contributed by atoms with van der Waals surface area (Å²) in [6.45, 7) is 1.84. The molecule has 6 rings (SSSR count). The van der Waals surface area contributed by atoms with Crippen LogP contribution in [0, 0.1) is 11.3 Å². The molecule has 23 heavy (non-hydrogen) atoms. The molecule has 3 saturated heterocycles. The summed E-state index contributed by atoms with van der Waals surface area (Å²) in [6, 6.07) is 7.52. The number of rotatable bonds is 2. The fourth-order valence-electron chi connectivity index (χ4n) is 3.41. The van der Waals surface area contributed by atoms with Gasteiger partial charge in [-0.2, -0.15) is 10.2 Å². The van der Waals surface area contributed by atoms with Crippen LogP contribution in [0.25, 0.3) is 21.7 Å². The minimum Gasteiger partial charge on any atom is -0.423 e. The van der Waals surface area contributed by atoms with Gasteiger partial charge in [-0.3, -0.25) is 0 Å². The molecule has 3 aromatic rings. The van der Waals surface area contributed by atoms with Gasteiger partial charge >= 0.3 is 0 Å². The van der Waals surface area contributed by atoms with Crippen LogP contribution in [0.5, 0.6) is 0 Å². The number of piperidine rings is 1. The molecule has 3 fully saturated rings. The van der Waals surface area contributed by atoms with Crippen molar-refractivity contribution in [3.05, 3.63) is 29.3 Å². The van der Waals surface area contributed by atoms with Crippen LogP contribution in [0.4, 0.5) is 6.01 Å². The number of fused-ring (bicyclic) bond motifs is 3. The zero-order valence-electron chi connectivity index (χ0n) is 12.2. The monoisotopic (exact) mass is 323 g/mol. The number of aromatic nitrogens is 2. The number of oxazole rings is 1. The number of piperazine rings is 1. The topological polar surface area (TPSA) is 78.0 Å². The van der Waals surface area contributed by atoms with Crippen LogP contribution in [0.2, 0.25) is 0 Å². The second-order valence-electron chi connectivity index (χ2n) is 6.02. The number of thiazole rings is 1. The highest BCUT2D eigenvalue weighted by atomic mass is 32.1. The SMILES string of the molecule is N#Cc1cc(-c2nccs2)c2oc(N3CC4CC(C3)N4)nc2c1. The van der Waals surface area contributed by atoms with E-state index in [0.717, 1.165) is 29.2 Å². The third kappa shape index (κ3) is 2.03. The van der Waals surface area contributed by atoms with E-state index in [-0.39, 0.29) is 0 Å². The summed E-state index contributed by atoms with van der Waals surface area (Å²) in [5.41, 5.74) is 2.84. The predicted octanol–water partition coefficient (Wildman–Crippen LogP) is 2.37. The minimum atomic E-state index is 0.539. The summed E-state index contributed by atoms with van der Waals surface area (Å²) in [6.07, 6.45) is 2.99. The van der Waals surface area contributed by atoms with Crippen LogP contribution in [0.1, 0.15) is 12.0 Å². The second-order valence-corrected chi connectivity index (χ2v) is 6.91. The number of benzene rings is 1. The van der Waals surface area contributed by atoms with Crippen molar-refractivity contribution in [2.45, 2.75) is 18.5 Å². The van der Waals surface area contributed by atoms with E-state index in [0.29, 0.717) is 29.2 Å². The van der Waals surface area contributed by atoms with Gasteiger partial charge in [0.15, 0.2) is 5.58 Å². The first kappa shape index (κ1) is 13.0. The van der Waals surface area contributed by atoms with Gasteiger partial charge in [0, 0.05) is 36.8 Å². The Kier molecular flexibility index (Phi) is 2.71. The van der Waals surface area contributed by atoms with Gasteiger partial charge in [-0.1, -0.05) is 0 Å². The lowest BCUT2D eigenvalue weighted by Gasteiger charge is -2.47. The molecular weight excluding hydrogens is 310 g/mol. The molecule has 2 atom stereocenters. The lowest BCUT2D eigenvalue weighted by atomic mass is 9.92. The van der Waals surface area contributed by atoms with Crippen LogP contribution >= 0.6 is 11.3 Å². The molecule has 114 valence electrons. The number of hydrogen-bond donors (Lipinski definition) is 1. The van der Waals surface area contributed by atoms with Crippen molar-refractivity contribution in [2.75, 3.05) is 18.0 Å². The van der Waals surface area contributed by atoms with Crippen molar-refractivity contribution in [3.8, 4) is 16.6 Å². The maximum absolute atomic E-state index is 9.27. The maximum atomic E-state index is 9.27. The number of hydrogen-bond acceptors (Lipinski definition) is 7. The molecule has 3 aliphatic heterocycles.